The van der Waals surface area contributed by atoms with E-state index in [-0.39, 0.29) is 22.6 Å². The number of nitrogens with one attached hydrogen (secondary N) is 1. The van der Waals surface area contributed by atoms with Crippen molar-refractivity contribution < 1.29 is 13.6 Å². The topological polar surface area (TPSA) is 51.1 Å². The van der Waals surface area contributed by atoms with E-state index in [0.717, 1.165) is 31.0 Å². The zero-order valence-corrected chi connectivity index (χ0v) is 12.6. The Kier molecular flexibility index (Phi) is 3.98. The smallest absolute Gasteiger partial charge is 0.252 e. The van der Waals surface area contributed by atoms with Crippen molar-refractivity contribution in [1.82, 2.24) is 9.88 Å². The summed E-state index contributed by atoms with van der Waals surface area (Å²) in [6, 6.07) is 5.37. The number of pyridine rings is 1. The number of hydrogen-bond acceptors (Lipinski definition) is 2. The second-order valence-corrected chi connectivity index (χ2v) is 5.82. The molecule has 1 atom stereocenters. The number of rotatable bonds is 4. The van der Waals surface area contributed by atoms with E-state index in [2.05, 4.69) is 5.32 Å². The summed E-state index contributed by atoms with van der Waals surface area (Å²) < 4.78 is 28.8. The van der Waals surface area contributed by atoms with Crippen molar-refractivity contribution in [3.63, 3.8) is 0 Å². The molecule has 3 rings (SSSR count). The number of aromatic nitrogens is 1. The second-order valence-electron chi connectivity index (χ2n) is 5.82. The van der Waals surface area contributed by atoms with E-state index in [1.165, 1.54) is 22.9 Å². The summed E-state index contributed by atoms with van der Waals surface area (Å²) in [7, 11) is 1.58. The molecule has 4 nitrogen and oxygen atoms in total. The predicted octanol–water partition coefficient (Wildman–Crippen LogP) is 2.54. The molecule has 1 aromatic heterocycles. The molecule has 0 aliphatic heterocycles. The molecule has 1 unspecified atom stereocenters. The average molecular weight is 318 g/mol. The van der Waals surface area contributed by atoms with E-state index < -0.39 is 23.6 Å². The van der Waals surface area contributed by atoms with Crippen molar-refractivity contribution in [1.29, 1.82) is 0 Å². The molecule has 2 aromatic rings. The van der Waals surface area contributed by atoms with Crippen molar-refractivity contribution >= 4 is 5.91 Å². The van der Waals surface area contributed by atoms with Crippen molar-refractivity contribution in [2.24, 2.45) is 13.0 Å². The molecule has 1 heterocycles. The number of aryl methyl sites for hydroxylation is 1. The van der Waals surface area contributed by atoms with Crippen molar-refractivity contribution in [3.8, 4) is 0 Å². The molecular weight excluding hydrogens is 302 g/mol. The van der Waals surface area contributed by atoms with Gasteiger partial charge in [-0.1, -0.05) is 0 Å². The Labute approximate surface area is 131 Å². The Morgan fingerprint density at radius 1 is 1.26 bits per heavy atom. The molecule has 6 heteroatoms. The summed E-state index contributed by atoms with van der Waals surface area (Å²) in [5.41, 5.74) is 0.0396. The van der Waals surface area contributed by atoms with E-state index in [4.69, 9.17) is 0 Å². The van der Waals surface area contributed by atoms with Crippen LogP contribution in [0.2, 0.25) is 0 Å². The fourth-order valence-electron chi connectivity index (χ4n) is 2.55. The molecule has 120 valence electrons. The van der Waals surface area contributed by atoms with Crippen molar-refractivity contribution in [2.45, 2.75) is 18.9 Å². The number of halogens is 2. The van der Waals surface area contributed by atoms with Crippen LogP contribution in [0, 0.1) is 17.6 Å². The van der Waals surface area contributed by atoms with Gasteiger partial charge in [0.2, 0.25) is 0 Å². The molecular formula is C17H16F2N2O2. The predicted molar refractivity (Wildman–Crippen MR) is 81.0 cm³/mol. The molecule has 0 radical (unpaired) electrons. The van der Waals surface area contributed by atoms with Gasteiger partial charge in [-0.3, -0.25) is 9.59 Å². The minimum atomic E-state index is -0.595. The van der Waals surface area contributed by atoms with Gasteiger partial charge in [0.1, 0.15) is 11.6 Å². The second kappa shape index (κ2) is 5.95. The van der Waals surface area contributed by atoms with Crippen LogP contribution in [0.15, 0.2) is 41.3 Å². The summed E-state index contributed by atoms with van der Waals surface area (Å²) in [5.74, 6) is -1.48. The highest BCUT2D eigenvalue weighted by molar-refractivity contribution is 5.94. The average Bonchev–Trinajstić information content (AvgIpc) is 3.35. The van der Waals surface area contributed by atoms with Gasteiger partial charge in [-0.15, -0.1) is 0 Å². The Balaban J connectivity index is 1.88. The molecule has 0 saturated heterocycles. The largest absolute Gasteiger partial charge is 0.345 e. The van der Waals surface area contributed by atoms with Gasteiger partial charge >= 0.3 is 0 Å². The monoisotopic (exact) mass is 318 g/mol. The number of nitrogens with zero attached hydrogens (tertiary/aromatic N) is 1. The molecule has 1 fully saturated rings. The van der Waals surface area contributed by atoms with Gasteiger partial charge in [0.15, 0.2) is 0 Å². The Hall–Kier alpha value is -2.50. The maximum absolute atomic E-state index is 14.0. The van der Waals surface area contributed by atoms with Gasteiger partial charge < -0.3 is 9.88 Å². The number of hydrogen-bond donors (Lipinski definition) is 1. The minimum absolute atomic E-state index is 0.0850. The third-order valence-electron chi connectivity index (χ3n) is 4.04. The molecule has 23 heavy (non-hydrogen) atoms. The van der Waals surface area contributed by atoms with E-state index >= 15 is 0 Å². The number of carbonyl (C=O) groups is 1. The maximum Gasteiger partial charge on any atom is 0.252 e. The summed E-state index contributed by atoms with van der Waals surface area (Å²) in [6.45, 7) is 0. The van der Waals surface area contributed by atoms with E-state index in [9.17, 15) is 18.4 Å². The quantitative estimate of drug-likeness (QED) is 0.942. The van der Waals surface area contributed by atoms with Gasteiger partial charge in [-0.05, 0) is 43.0 Å². The molecule has 1 amide bonds. The lowest BCUT2D eigenvalue weighted by Gasteiger charge is -2.19. The lowest BCUT2D eigenvalue weighted by molar-refractivity contribution is 0.0930. The standard InChI is InChI=1S/C17H16F2N2O2/c1-21-7-6-11(8-15(21)22)17(23)20-16(10-2-3-10)13-9-12(18)4-5-14(13)19/h4-10,16H,2-3H2,1H3,(H,20,23). The fraction of sp³-hybridized carbons (Fsp3) is 0.294. The maximum atomic E-state index is 14.0. The van der Waals surface area contributed by atoms with Gasteiger partial charge in [0.25, 0.3) is 11.5 Å². The minimum Gasteiger partial charge on any atom is -0.345 e. The lowest BCUT2D eigenvalue weighted by atomic mass is 10.0. The van der Waals surface area contributed by atoms with Crippen LogP contribution in [0.5, 0.6) is 0 Å². The summed E-state index contributed by atoms with van der Waals surface area (Å²) >= 11 is 0. The zero-order valence-electron chi connectivity index (χ0n) is 12.6. The molecule has 1 aliphatic rings. The SMILES string of the molecule is Cn1ccc(C(=O)NC(c2cc(F)ccc2F)C2CC2)cc1=O. The lowest BCUT2D eigenvalue weighted by Crippen LogP contribution is -2.31. The fourth-order valence-corrected chi connectivity index (χ4v) is 2.55. The number of carbonyl (C=O) groups excluding carboxylic acids is 1. The first-order valence-electron chi connectivity index (χ1n) is 7.38. The first kappa shape index (κ1) is 15.4. The molecule has 0 spiro atoms. The third kappa shape index (κ3) is 3.31. The van der Waals surface area contributed by atoms with E-state index in [1.54, 1.807) is 7.05 Å². The van der Waals surface area contributed by atoms with Gasteiger partial charge in [0.05, 0.1) is 6.04 Å². The highest BCUT2D eigenvalue weighted by Crippen LogP contribution is 2.42. The Morgan fingerprint density at radius 2 is 2.00 bits per heavy atom. The molecule has 1 saturated carbocycles. The van der Waals surface area contributed by atoms with Crippen LogP contribution in [0.3, 0.4) is 0 Å². The van der Waals surface area contributed by atoms with E-state index in [0.29, 0.717) is 0 Å². The molecule has 1 aliphatic carbocycles. The zero-order chi connectivity index (χ0) is 16.6. The van der Waals surface area contributed by atoms with Crippen LogP contribution in [-0.2, 0) is 7.05 Å². The molecule has 1 N–H and O–H groups in total. The summed E-state index contributed by atoms with van der Waals surface area (Å²) in [4.78, 5) is 24.0. The van der Waals surface area contributed by atoms with Crippen LogP contribution in [0.1, 0.15) is 34.8 Å². The first-order chi connectivity index (χ1) is 11.0. The highest BCUT2D eigenvalue weighted by atomic mass is 19.1. The van der Waals surface area contributed by atoms with E-state index in [1.807, 2.05) is 0 Å². The third-order valence-corrected chi connectivity index (χ3v) is 4.04. The van der Waals surface area contributed by atoms with Crippen LogP contribution < -0.4 is 10.9 Å². The van der Waals surface area contributed by atoms with Gasteiger partial charge in [-0.2, -0.15) is 0 Å². The van der Waals surface area contributed by atoms with Gasteiger partial charge in [0, 0.05) is 30.4 Å². The number of amides is 1. The summed E-state index contributed by atoms with van der Waals surface area (Å²) in [5, 5.41) is 2.73. The Morgan fingerprint density at radius 3 is 2.65 bits per heavy atom. The van der Waals surface area contributed by atoms with Gasteiger partial charge in [-0.25, -0.2) is 8.78 Å². The van der Waals surface area contributed by atoms with Crippen molar-refractivity contribution in [2.75, 3.05) is 0 Å². The first-order valence-corrected chi connectivity index (χ1v) is 7.38. The van der Waals surface area contributed by atoms with Crippen LogP contribution in [-0.4, -0.2) is 10.5 Å². The van der Waals surface area contributed by atoms with Crippen molar-refractivity contribution in [3.05, 3.63) is 69.6 Å². The normalized spacial score (nSPS) is 15.3. The molecule has 1 aromatic carbocycles. The van der Waals surface area contributed by atoms with Crippen LogP contribution >= 0.6 is 0 Å². The molecule has 0 bridgehead atoms. The van der Waals surface area contributed by atoms with Crippen LogP contribution in [0.4, 0.5) is 8.78 Å². The summed E-state index contributed by atoms with van der Waals surface area (Å²) in [6.07, 6.45) is 3.18. The number of benzene rings is 1. The highest BCUT2D eigenvalue weighted by Gasteiger charge is 2.35. The van der Waals surface area contributed by atoms with Crippen LogP contribution in [0.25, 0.3) is 0 Å². The Bertz CT molecular complexity index is 812.